The zero-order valence-electron chi connectivity index (χ0n) is 15.4. The number of benzene rings is 2. The fraction of sp³-hybridized carbons (Fsp3) is 0.286. The standard InChI is InChI=1S/C21H20N2O5/c1-13-20(25)22(17-8-4-5-9-18(17)28-13)11-10-19(24)23-12-15(21(26)27)14-6-2-3-7-16(14)23/h2-9,13,15H,10-12H2,1H3,(H,26,27). The summed E-state index contributed by atoms with van der Waals surface area (Å²) in [5, 5.41) is 9.46. The smallest absolute Gasteiger partial charge is 0.312 e. The topological polar surface area (TPSA) is 87.2 Å². The van der Waals surface area contributed by atoms with Gasteiger partial charge in [0.1, 0.15) is 11.7 Å². The molecule has 0 fully saturated rings. The number of para-hydroxylation sites is 3. The Labute approximate surface area is 162 Å². The number of aliphatic carboxylic acids is 1. The lowest BCUT2D eigenvalue weighted by Crippen LogP contribution is -2.46. The van der Waals surface area contributed by atoms with Crippen LogP contribution in [0.2, 0.25) is 0 Å². The molecule has 0 radical (unpaired) electrons. The average molecular weight is 380 g/mol. The summed E-state index contributed by atoms with van der Waals surface area (Å²) in [6.07, 6.45) is -0.526. The number of fused-ring (bicyclic) bond motifs is 2. The van der Waals surface area contributed by atoms with E-state index in [1.54, 1.807) is 48.2 Å². The van der Waals surface area contributed by atoms with Crippen LogP contribution >= 0.6 is 0 Å². The Morgan fingerprint density at radius 1 is 1.11 bits per heavy atom. The van der Waals surface area contributed by atoms with Crippen LogP contribution in [0.4, 0.5) is 11.4 Å². The summed E-state index contributed by atoms with van der Waals surface area (Å²) < 4.78 is 5.62. The molecule has 144 valence electrons. The van der Waals surface area contributed by atoms with Gasteiger partial charge in [-0.3, -0.25) is 14.4 Å². The van der Waals surface area contributed by atoms with Crippen LogP contribution in [0.3, 0.4) is 0 Å². The molecule has 0 aliphatic carbocycles. The van der Waals surface area contributed by atoms with E-state index in [4.69, 9.17) is 4.74 Å². The molecule has 2 unspecified atom stereocenters. The minimum absolute atomic E-state index is 0.0907. The quantitative estimate of drug-likeness (QED) is 0.880. The van der Waals surface area contributed by atoms with Crippen molar-refractivity contribution in [3.63, 3.8) is 0 Å². The summed E-state index contributed by atoms with van der Waals surface area (Å²) in [5.41, 5.74) is 1.91. The van der Waals surface area contributed by atoms with E-state index in [1.807, 2.05) is 12.1 Å². The maximum atomic E-state index is 12.9. The van der Waals surface area contributed by atoms with Gasteiger partial charge in [0.25, 0.3) is 5.91 Å². The SMILES string of the molecule is CC1Oc2ccccc2N(CCC(=O)N2CC(C(=O)O)c3ccccc32)C1=O. The minimum atomic E-state index is -0.950. The summed E-state index contributed by atoms with van der Waals surface area (Å²) in [4.78, 5) is 40.1. The number of carbonyl (C=O) groups is 3. The van der Waals surface area contributed by atoms with Crippen molar-refractivity contribution in [2.24, 2.45) is 0 Å². The zero-order valence-corrected chi connectivity index (χ0v) is 15.4. The third kappa shape index (κ3) is 2.98. The first-order valence-electron chi connectivity index (χ1n) is 9.16. The molecule has 0 aromatic heterocycles. The number of anilines is 2. The molecule has 2 heterocycles. The number of carboxylic acids is 1. The monoisotopic (exact) mass is 380 g/mol. The first-order valence-corrected chi connectivity index (χ1v) is 9.16. The van der Waals surface area contributed by atoms with Gasteiger partial charge < -0.3 is 19.6 Å². The van der Waals surface area contributed by atoms with E-state index >= 15 is 0 Å². The van der Waals surface area contributed by atoms with Crippen LogP contribution in [-0.2, 0) is 14.4 Å². The molecule has 2 aromatic rings. The summed E-state index contributed by atoms with van der Waals surface area (Å²) in [5.74, 6) is -1.48. The molecule has 2 aliphatic heterocycles. The molecule has 4 rings (SSSR count). The first kappa shape index (κ1) is 18.0. The number of carboxylic acid groups (broad SMARTS) is 1. The molecule has 28 heavy (non-hydrogen) atoms. The highest BCUT2D eigenvalue weighted by molar-refractivity contribution is 6.02. The maximum absolute atomic E-state index is 12.9. The van der Waals surface area contributed by atoms with Crippen molar-refractivity contribution in [2.45, 2.75) is 25.4 Å². The van der Waals surface area contributed by atoms with Gasteiger partial charge in [-0.2, -0.15) is 0 Å². The molecule has 2 atom stereocenters. The van der Waals surface area contributed by atoms with E-state index in [1.165, 1.54) is 4.90 Å². The van der Waals surface area contributed by atoms with Crippen LogP contribution in [0, 0.1) is 0 Å². The normalized spacial score (nSPS) is 20.4. The number of hydrogen-bond donors (Lipinski definition) is 1. The Morgan fingerprint density at radius 2 is 1.79 bits per heavy atom. The van der Waals surface area contributed by atoms with E-state index in [9.17, 15) is 19.5 Å². The summed E-state index contributed by atoms with van der Waals surface area (Å²) in [6, 6.07) is 14.3. The third-order valence-corrected chi connectivity index (χ3v) is 5.19. The van der Waals surface area contributed by atoms with Gasteiger partial charge in [0.15, 0.2) is 6.10 Å². The Morgan fingerprint density at radius 3 is 2.54 bits per heavy atom. The lowest BCUT2D eigenvalue weighted by atomic mass is 10.0. The second-order valence-electron chi connectivity index (χ2n) is 6.92. The Balaban J connectivity index is 1.53. The van der Waals surface area contributed by atoms with Crippen molar-refractivity contribution in [3.8, 4) is 5.75 Å². The molecule has 2 aliphatic rings. The van der Waals surface area contributed by atoms with E-state index in [2.05, 4.69) is 0 Å². The van der Waals surface area contributed by atoms with Crippen molar-refractivity contribution >= 4 is 29.2 Å². The predicted octanol–water partition coefficient (Wildman–Crippen LogP) is 2.41. The van der Waals surface area contributed by atoms with Crippen LogP contribution in [0.25, 0.3) is 0 Å². The molecule has 2 amide bonds. The number of nitrogens with zero attached hydrogens (tertiary/aromatic N) is 2. The fourth-order valence-electron chi connectivity index (χ4n) is 3.79. The Kier molecular flexibility index (Phi) is 4.50. The van der Waals surface area contributed by atoms with Crippen LogP contribution < -0.4 is 14.5 Å². The van der Waals surface area contributed by atoms with E-state index < -0.39 is 18.0 Å². The zero-order chi connectivity index (χ0) is 19.8. The van der Waals surface area contributed by atoms with Crippen molar-refractivity contribution in [3.05, 3.63) is 54.1 Å². The van der Waals surface area contributed by atoms with E-state index in [0.29, 0.717) is 22.7 Å². The van der Waals surface area contributed by atoms with Crippen molar-refractivity contribution in [1.82, 2.24) is 0 Å². The lowest BCUT2D eigenvalue weighted by molar-refractivity contribution is -0.138. The van der Waals surface area contributed by atoms with Gasteiger partial charge in [-0.05, 0) is 30.7 Å². The third-order valence-electron chi connectivity index (χ3n) is 5.19. The molecule has 7 heteroatoms. The minimum Gasteiger partial charge on any atom is -0.481 e. The molecule has 0 saturated carbocycles. The van der Waals surface area contributed by atoms with Crippen LogP contribution in [-0.4, -0.2) is 42.1 Å². The molecular weight excluding hydrogens is 360 g/mol. The number of ether oxygens (including phenoxy) is 1. The highest BCUT2D eigenvalue weighted by Gasteiger charge is 2.37. The molecule has 7 nitrogen and oxygen atoms in total. The van der Waals surface area contributed by atoms with Gasteiger partial charge in [0.2, 0.25) is 5.91 Å². The average Bonchev–Trinajstić information content (AvgIpc) is 3.08. The second kappa shape index (κ2) is 6.99. The van der Waals surface area contributed by atoms with E-state index in [0.717, 1.165) is 0 Å². The van der Waals surface area contributed by atoms with Crippen molar-refractivity contribution in [1.29, 1.82) is 0 Å². The molecule has 0 saturated heterocycles. The highest BCUT2D eigenvalue weighted by Crippen LogP contribution is 2.37. The van der Waals surface area contributed by atoms with Gasteiger partial charge in [-0.1, -0.05) is 30.3 Å². The molecular formula is C21H20N2O5. The van der Waals surface area contributed by atoms with Crippen molar-refractivity contribution in [2.75, 3.05) is 22.9 Å². The van der Waals surface area contributed by atoms with Crippen LogP contribution in [0.15, 0.2) is 48.5 Å². The van der Waals surface area contributed by atoms with Gasteiger partial charge in [0, 0.05) is 25.2 Å². The second-order valence-corrected chi connectivity index (χ2v) is 6.92. The highest BCUT2D eigenvalue weighted by atomic mass is 16.5. The Hall–Kier alpha value is -3.35. The van der Waals surface area contributed by atoms with E-state index in [-0.39, 0.29) is 31.3 Å². The number of rotatable bonds is 4. The van der Waals surface area contributed by atoms with Crippen molar-refractivity contribution < 1.29 is 24.2 Å². The summed E-state index contributed by atoms with van der Waals surface area (Å²) in [6.45, 7) is 2.00. The van der Waals surface area contributed by atoms with Gasteiger partial charge in [0.05, 0.1) is 5.69 Å². The van der Waals surface area contributed by atoms with Gasteiger partial charge in [-0.15, -0.1) is 0 Å². The van der Waals surface area contributed by atoms with Crippen LogP contribution in [0.5, 0.6) is 5.75 Å². The largest absolute Gasteiger partial charge is 0.481 e. The molecule has 0 bridgehead atoms. The Bertz CT molecular complexity index is 957. The number of amides is 2. The van der Waals surface area contributed by atoms with Crippen LogP contribution in [0.1, 0.15) is 24.8 Å². The summed E-state index contributed by atoms with van der Waals surface area (Å²) in [7, 11) is 0. The molecule has 2 aromatic carbocycles. The molecule has 1 N–H and O–H groups in total. The number of carbonyl (C=O) groups excluding carboxylic acids is 2. The number of hydrogen-bond acceptors (Lipinski definition) is 4. The van der Waals surface area contributed by atoms with Gasteiger partial charge in [-0.25, -0.2) is 0 Å². The first-order chi connectivity index (χ1) is 13.5. The molecule has 0 spiro atoms. The predicted molar refractivity (Wildman–Crippen MR) is 103 cm³/mol. The maximum Gasteiger partial charge on any atom is 0.312 e. The summed E-state index contributed by atoms with van der Waals surface area (Å²) >= 11 is 0. The lowest BCUT2D eigenvalue weighted by Gasteiger charge is -2.33. The fourth-order valence-corrected chi connectivity index (χ4v) is 3.79. The van der Waals surface area contributed by atoms with Gasteiger partial charge >= 0.3 is 5.97 Å².